The van der Waals surface area contributed by atoms with Gasteiger partial charge in [0.25, 0.3) is 5.56 Å². The van der Waals surface area contributed by atoms with E-state index in [1.807, 2.05) is 6.07 Å². The lowest BCUT2D eigenvalue weighted by molar-refractivity contribution is 0.293. The Bertz CT molecular complexity index is 456. The van der Waals surface area contributed by atoms with Crippen molar-refractivity contribution in [2.45, 2.75) is 56.5 Å². The van der Waals surface area contributed by atoms with E-state index in [-0.39, 0.29) is 11.6 Å². The molecule has 0 bridgehead atoms. The second-order valence-electron chi connectivity index (χ2n) is 5.38. The first-order valence-electron chi connectivity index (χ1n) is 6.59. The Morgan fingerprint density at radius 2 is 1.82 bits per heavy atom. The van der Waals surface area contributed by atoms with E-state index in [0.717, 1.165) is 31.4 Å². The van der Waals surface area contributed by atoms with Crippen LogP contribution in [0.2, 0.25) is 0 Å². The van der Waals surface area contributed by atoms with Gasteiger partial charge >= 0.3 is 0 Å². The van der Waals surface area contributed by atoms with Crippen molar-refractivity contribution in [1.82, 2.24) is 9.78 Å². The Labute approximate surface area is 101 Å². The van der Waals surface area contributed by atoms with Crippen molar-refractivity contribution in [2.24, 2.45) is 5.73 Å². The lowest BCUT2D eigenvalue weighted by Gasteiger charge is -2.26. The predicted octanol–water partition coefficient (Wildman–Crippen LogP) is 1.56. The first-order chi connectivity index (χ1) is 8.24. The van der Waals surface area contributed by atoms with Crippen LogP contribution in [0.25, 0.3) is 0 Å². The Morgan fingerprint density at radius 3 is 2.47 bits per heavy atom. The number of rotatable bonds is 2. The zero-order valence-electron chi connectivity index (χ0n) is 10.0. The third-order valence-electron chi connectivity index (χ3n) is 3.93. The van der Waals surface area contributed by atoms with Crippen molar-refractivity contribution >= 4 is 0 Å². The molecule has 2 aliphatic carbocycles. The maximum atomic E-state index is 11.9. The lowest BCUT2D eigenvalue weighted by atomic mass is 9.92. The quantitative estimate of drug-likeness (QED) is 0.843. The van der Waals surface area contributed by atoms with Crippen molar-refractivity contribution in [3.8, 4) is 0 Å². The molecule has 92 valence electrons. The van der Waals surface area contributed by atoms with Gasteiger partial charge in [-0.1, -0.05) is 0 Å². The van der Waals surface area contributed by atoms with Gasteiger partial charge in [0.15, 0.2) is 0 Å². The van der Waals surface area contributed by atoms with Crippen LogP contribution in [0.4, 0.5) is 0 Å². The number of hydrogen-bond acceptors (Lipinski definition) is 3. The molecule has 1 aromatic heterocycles. The summed E-state index contributed by atoms with van der Waals surface area (Å²) in [6.45, 7) is 0. The minimum Gasteiger partial charge on any atom is -0.328 e. The van der Waals surface area contributed by atoms with Gasteiger partial charge in [0.1, 0.15) is 0 Å². The average Bonchev–Trinajstić information content (AvgIpc) is 3.15. The molecule has 2 saturated carbocycles. The Kier molecular flexibility index (Phi) is 2.74. The van der Waals surface area contributed by atoms with Crippen molar-refractivity contribution in [2.75, 3.05) is 0 Å². The lowest BCUT2D eigenvalue weighted by Crippen LogP contribution is -2.33. The molecule has 1 heterocycles. The highest BCUT2D eigenvalue weighted by Crippen LogP contribution is 2.38. The van der Waals surface area contributed by atoms with Gasteiger partial charge in [-0.05, 0) is 44.6 Å². The largest absolute Gasteiger partial charge is 0.328 e. The second kappa shape index (κ2) is 4.26. The summed E-state index contributed by atoms with van der Waals surface area (Å²) < 4.78 is 1.71. The zero-order chi connectivity index (χ0) is 11.8. The standard InChI is InChI=1S/C13H19N3O/c14-10-3-5-11(6-4-10)16-13(17)8-7-12(15-16)9-1-2-9/h7-11H,1-6,14H2. The van der Waals surface area contributed by atoms with Gasteiger partial charge in [-0.2, -0.15) is 5.10 Å². The highest BCUT2D eigenvalue weighted by molar-refractivity contribution is 5.12. The van der Waals surface area contributed by atoms with E-state index in [4.69, 9.17) is 5.73 Å². The van der Waals surface area contributed by atoms with Crippen LogP contribution in [-0.2, 0) is 0 Å². The van der Waals surface area contributed by atoms with Crippen LogP contribution in [0.15, 0.2) is 16.9 Å². The topological polar surface area (TPSA) is 60.9 Å². The molecule has 17 heavy (non-hydrogen) atoms. The molecule has 4 nitrogen and oxygen atoms in total. The van der Waals surface area contributed by atoms with Crippen LogP contribution in [0.3, 0.4) is 0 Å². The summed E-state index contributed by atoms with van der Waals surface area (Å²) in [5.41, 5.74) is 7.03. The van der Waals surface area contributed by atoms with Gasteiger partial charge in [-0.3, -0.25) is 4.79 Å². The molecule has 0 saturated heterocycles. The highest BCUT2D eigenvalue weighted by atomic mass is 16.1. The summed E-state index contributed by atoms with van der Waals surface area (Å²) in [6.07, 6.45) is 6.44. The molecule has 0 spiro atoms. The second-order valence-corrected chi connectivity index (χ2v) is 5.38. The third-order valence-corrected chi connectivity index (χ3v) is 3.93. The van der Waals surface area contributed by atoms with Gasteiger partial charge in [0.05, 0.1) is 11.7 Å². The number of hydrogen-bond donors (Lipinski definition) is 1. The molecule has 1 aromatic rings. The molecule has 3 rings (SSSR count). The fourth-order valence-electron chi connectivity index (χ4n) is 2.64. The van der Waals surface area contributed by atoms with Crippen LogP contribution >= 0.6 is 0 Å². The van der Waals surface area contributed by atoms with Gasteiger partial charge < -0.3 is 5.73 Å². The smallest absolute Gasteiger partial charge is 0.267 e. The Hall–Kier alpha value is -1.16. The number of aromatic nitrogens is 2. The monoisotopic (exact) mass is 233 g/mol. The van der Waals surface area contributed by atoms with E-state index in [1.165, 1.54) is 12.8 Å². The minimum absolute atomic E-state index is 0.0369. The molecule has 0 amide bonds. The molecule has 0 aliphatic heterocycles. The van der Waals surface area contributed by atoms with Crippen molar-refractivity contribution in [3.63, 3.8) is 0 Å². The molecule has 2 aliphatic rings. The number of nitrogens with zero attached hydrogens (tertiary/aromatic N) is 2. The molecular weight excluding hydrogens is 214 g/mol. The van der Waals surface area contributed by atoms with Crippen molar-refractivity contribution < 1.29 is 0 Å². The highest BCUT2D eigenvalue weighted by Gasteiger charge is 2.27. The molecule has 2 fully saturated rings. The SMILES string of the molecule is NC1CCC(n2nc(C3CC3)ccc2=O)CC1. The predicted molar refractivity (Wildman–Crippen MR) is 66.0 cm³/mol. The van der Waals surface area contributed by atoms with E-state index in [1.54, 1.807) is 10.7 Å². The molecular formula is C13H19N3O. The van der Waals surface area contributed by atoms with E-state index in [0.29, 0.717) is 12.0 Å². The zero-order valence-corrected chi connectivity index (χ0v) is 10.0. The molecule has 2 N–H and O–H groups in total. The van der Waals surface area contributed by atoms with Gasteiger partial charge in [-0.15, -0.1) is 0 Å². The van der Waals surface area contributed by atoms with Gasteiger partial charge in [0.2, 0.25) is 0 Å². The molecule has 4 heteroatoms. The fourth-order valence-corrected chi connectivity index (χ4v) is 2.64. The first kappa shape index (κ1) is 11.0. The molecule has 0 unspecified atom stereocenters. The van der Waals surface area contributed by atoms with E-state index in [9.17, 15) is 4.79 Å². The Balaban J connectivity index is 1.85. The van der Waals surface area contributed by atoms with E-state index < -0.39 is 0 Å². The maximum Gasteiger partial charge on any atom is 0.267 e. The van der Waals surface area contributed by atoms with Crippen molar-refractivity contribution in [3.05, 3.63) is 28.2 Å². The van der Waals surface area contributed by atoms with Crippen LogP contribution in [0.1, 0.15) is 56.2 Å². The molecule has 0 atom stereocenters. The van der Waals surface area contributed by atoms with Crippen LogP contribution < -0.4 is 11.3 Å². The first-order valence-corrected chi connectivity index (χ1v) is 6.59. The third kappa shape index (κ3) is 2.27. The maximum absolute atomic E-state index is 11.9. The summed E-state index contributed by atoms with van der Waals surface area (Å²) >= 11 is 0. The van der Waals surface area contributed by atoms with Crippen LogP contribution in [0.5, 0.6) is 0 Å². The summed E-state index contributed by atoms with van der Waals surface area (Å²) in [5.74, 6) is 0.604. The fraction of sp³-hybridized carbons (Fsp3) is 0.692. The summed E-state index contributed by atoms with van der Waals surface area (Å²) in [5, 5.41) is 4.55. The van der Waals surface area contributed by atoms with Crippen LogP contribution in [0, 0.1) is 0 Å². The number of nitrogens with two attached hydrogens (primary N) is 1. The summed E-state index contributed by atoms with van der Waals surface area (Å²) in [7, 11) is 0. The van der Waals surface area contributed by atoms with Crippen molar-refractivity contribution in [1.29, 1.82) is 0 Å². The van der Waals surface area contributed by atoms with Crippen LogP contribution in [-0.4, -0.2) is 15.8 Å². The molecule has 0 radical (unpaired) electrons. The summed E-state index contributed by atoms with van der Waals surface area (Å²) in [4.78, 5) is 11.9. The van der Waals surface area contributed by atoms with Gasteiger partial charge in [0, 0.05) is 18.0 Å². The minimum atomic E-state index is 0.0369. The normalized spacial score (nSPS) is 29.2. The van der Waals surface area contributed by atoms with E-state index in [2.05, 4.69) is 5.10 Å². The Morgan fingerprint density at radius 1 is 1.12 bits per heavy atom. The van der Waals surface area contributed by atoms with E-state index >= 15 is 0 Å². The molecule has 0 aromatic carbocycles. The summed E-state index contributed by atoms with van der Waals surface area (Å²) in [6, 6.07) is 4.15. The average molecular weight is 233 g/mol. The van der Waals surface area contributed by atoms with Gasteiger partial charge in [-0.25, -0.2) is 4.68 Å².